The molecule has 0 spiro atoms. The fourth-order valence-corrected chi connectivity index (χ4v) is 2.90. The molecule has 0 radical (unpaired) electrons. The molecular formula is C21H27NO4S. The van der Waals surface area contributed by atoms with Crippen molar-refractivity contribution in [2.45, 2.75) is 19.9 Å². The molecule has 1 amide bonds. The summed E-state index contributed by atoms with van der Waals surface area (Å²) in [6, 6.07) is 15.3. The highest BCUT2D eigenvalue weighted by Crippen LogP contribution is 2.18. The number of hydrogen-bond donors (Lipinski definition) is 1. The lowest BCUT2D eigenvalue weighted by atomic mass is 10.2. The highest BCUT2D eigenvalue weighted by molar-refractivity contribution is 7.99. The van der Waals surface area contributed by atoms with Crippen LogP contribution in [0, 0.1) is 0 Å². The van der Waals surface area contributed by atoms with Crippen molar-refractivity contribution in [3.05, 3.63) is 54.1 Å². The monoisotopic (exact) mass is 389 g/mol. The van der Waals surface area contributed by atoms with Crippen molar-refractivity contribution in [2.24, 2.45) is 0 Å². The van der Waals surface area contributed by atoms with Crippen molar-refractivity contribution in [1.29, 1.82) is 0 Å². The smallest absolute Gasteiger partial charge is 0.230 e. The summed E-state index contributed by atoms with van der Waals surface area (Å²) in [7, 11) is 1.63. The molecule has 27 heavy (non-hydrogen) atoms. The van der Waals surface area contributed by atoms with Crippen LogP contribution in [0.15, 0.2) is 48.5 Å². The Morgan fingerprint density at radius 3 is 2.37 bits per heavy atom. The van der Waals surface area contributed by atoms with Gasteiger partial charge >= 0.3 is 0 Å². The average molecular weight is 390 g/mol. The SMILES string of the molecule is CCCOc1ccc(OCCSCC(=O)NCc2cccc(OC)c2)cc1. The zero-order valence-electron chi connectivity index (χ0n) is 15.9. The van der Waals surface area contributed by atoms with Crippen LogP contribution in [0.5, 0.6) is 17.2 Å². The first-order chi connectivity index (χ1) is 13.2. The van der Waals surface area contributed by atoms with E-state index in [0.29, 0.717) is 18.9 Å². The van der Waals surface area contributed by atoms with Crippen LogP contribution in [-0.2, 0) is 11.3 Å². The number of benzene rings is 2. The van der Waals surface area contributed by atoms with E-state index < -0.39 is 0 Å². The fraction of sp³-hybridized carbons (Fsp3) is 0.381. The first kappa shape index (κ1) is 21.0. The van der Waals surface area contributed by atoms with Crippen molar-refractivity contribution in [3.63, 3.8) is 0 Å². The number of rotatable bonds is 12. The molecule has 0 saturated carbocycles. The lowest BCUT2D eigenvalue weighted by Gasteiger charge is -2.09. The van der Waals surface area contributed by atoms with E-state index in [1.807, 2.05) is 48.5 Å². The van der Waals surface area contributed by atoms with E-state index in [1.165, 1.54) is 0 Å². The van der Waals surface area contributed by atoms with Gasteiger partial charge in [0.15, 0.2) is 0 Å². The first-order valence-corrected chi connectivity index (χ1v) is 10.2. The molecule has 0 bridgehead atoms. The number of methoxy groups -OCH3 is 1. The zero-order chi connectivity index (χ0) is 19.3. The molecule has 1 N–H and O–H groups in total. The van der Waals surface area contributed by atoms with Gasteiger partial charge in [-0.1, -0.05) is 19.1 Å². The fourth-order valence-electron chi connectivity index (χ4n) is 2.27. The second kappa shape index (κ2) is 12.1. The van der Waals surface area contributed by atoms with Gasteiger partial charge in [0.1, 0.15) is 17.2 Å². The number of hydrogen-bond acceptors (Lipinski definition) is 5. The average Bonchev–Trinajstić information content (AvgIpc) is 2.71. The molecule has 0 unspecified atom stereocenters. The Morgan fingerprint density at radius 1 is 1.00 bits per heavy atom. The van der Waals surface area contributed by atoms with Crippen molar-refractivity contribution < 1.29 is 19.0 Å². The topological polar surface area (TPSA) is 56.8 Å². The predicted molar refractivity (Wildman–Crippen MR) is 110 cm³/mol. The van der Waals surface area contributed by atoms with Gasteiger partial charge in [-0.2, -0.15) is 0 Å². The highest BCUT2D eigenvalue weighted by atomic mass is 32.2. The van der Waals surface area contributed by atoms with Gasteiger partial charge in [-0.15, -0.1) is 11.8 Å². The summed E-state index contributed by atoms with van der Waals surface area (Å²) in [5.74, 6) is 3.63. The first-order valence-electron chi connectivity index (χ1n) is 9.04. The maximum atomic E-state index is 11.9. The third-order valence-corrected chi connectivity index (χ3v) is 4.57. The van der Waals surface area contributed by atoms with E-state index in [9.17, 15) is 4.79 Å². The summed E-state index contributed by atoms with van der Waals surface area (Å²) in [5, 5.41) is 2.91. The van der Waals surface area contributed by atoms with Crippen LogP contribution < -0.4 is 19.5 Å². The third-order valence-electron chi connectivity index (χ3n) is 3.65. The maximum Gasteiger partial charge on any atom is 0.230 e. The minimum absolute atomic E-state index is 0.0141. The Balaban J connectivity index is 1.57. The van der Waals surface area contributed by atoms with E-state index in [4.69, 9.17) is 14.2 Å². The number of carbonyl (C=O) groups excluding carboxylic acids is 1. The molecule has 0 aliphatic heterocycles. The van der Waals surface area contributed by atoms with Gasteiger partial charge in [0, 0.05) is 12.3 Å². The van der Waals surface area contributed by atoms with Crippen LogP contribution in [0.4, 0.5) is 0 Å². The Labute approximate surface area is 165 Å². The largest absolute Gasteiger partial charge is 0.497 e. The molecule has 0 aliphatic rings. The summed E-state index contributed by atoms with van der Waals surface area (Å²) >= 11 is 1.55. The maximum absolute atomic E-state index is 11.9. The minimum Gasteiger partial charge on any atom is -0.497 e. The Bertz CT molecular complexity index is 691. The minimum atomic E-state index is 0.0141. The molecule has 0 saturated heterocycles. The summed E-state index contributed by atoms with van der Waals surface area (Å²) < 4.78 is 16.4. The second-order valence-electron chi connectivity index (χ2n) is 5.85. The molecule has 0 fully saturated rings. The van der Waals surface area contributed by atoms with Gasteiger partial charge in [-0.3, -0.25) is 4.79 Å². The molecule has 0 atom stereocenters. The van der Waals surface area contributed by atoms with Crippen LogP contribution in [0.2, 0.25) is 0 Å². The standard InChI is InChI=1S/C21H27NO4S/c1-3-11-25-18-7-9-19(10-8-18)26-12-13-27-16-21(23)22-15-17-5-4-6-20(14-17)24-2/h4-10,14H,3,11-13,15-16H2,1-2H3,(H,22,23). The van der Waals surface area contributed by atoms with E-state index in [2.05, 4.69) is 12.2 Å². The lowest BCUT2D eigenvalue weighted by Crippen LogP contribution is -2.25. The molecular weight excluding hydrogens is 362 g/mol. The van der Waals surface area contributed by atoms with Crippen LogP contribution >= 0.6 is 11.8 Å². The van der Waals surface area contributed by atoms with Crippen LogP contribution in [0.3, 0.4) is 0 Å². The number of carbonyl (C=O) groups is 1. The second-order valence-corrected chi connectivity index (χ2v) is 6.95. The molecule has 2 aromatic rings. The molecule has 146 valence electrons. The van der Waals surface area contributed by atoms with Crippen molar-refractivity contribution in [2.75, 3.05) is 31.8 Å². The van der Waals surface area contributed by atoms with Gasteiger partial charge in [-0.25, -0.2) is 0 Å². The third kappa shape index (κ3) is 8.26. The van der Waals surface area contributed by atoms with Crippen molar-refractivity contribution in [1.82, 2.24) is 5.32 Å². The van der Waals surface area contributed by atoms with Crippen LogP contribution in [-0.4, -0.2) is 37.7 Å². The summed E-state index contributed by atoms with van der Waals surface area (Å²) in [5.41, 5.74) is 1.02. The van der Waals surface area contributed by atoms with Crippen LogP contribution in [0.25, 0.3) is 0 Å². The molecule has 0 heterocycles. The van der Waals surface area contributed by atoms with E-state index >= 15 is 0 Å². The molecule has 2 aromatic carbocycles. The van der Waals surface area contributed by atoms with Gasteiger partial charge in [0.25, 0.3) is 0 Å². The van der Waals surface area contributed by atoms with Gasteiger partial charge in [0.05, 0.1) is 26.1 Å². The highest BCUT2D eigenvalue weighted by Gasteiger charge is 2.03. The molecule has 6 heteroatoms. The van der Waals surface area contributed by atoms with E-state index in [1.54, 1.807) is 18.9 Å². The van der Waals surface area contributed by atoms with Gasteiger partial charge in [0.2, 0.25) is 5.91 Å². The normalized spacial score (nSPS) is 10.3. The Kier molecular flexibility index (Phi) is 9.41. The van der Waals surface area contributed by atoms with Crippen molar-refractivity contribution in [3.8, 4) is 17.2 Å². The van der Waals surface area contributed by atoms with E-state index in [0.717, 1.165) is 41.6 Å². The van der Waals surface area contributed by atoms with Gasteiger partial charge in [-0.05, 0) is 48.4 Å². The number of ether oxygens (including phenoxy) is 3. The predicted octanol–water partition coefficient (Wildman–Crippen LogP) is 3.91. The lowest BCUT2D eigenvalue weighted by molar-refractivity contribution is -0.118. The molecule has 0 aromatic heterocycles. The summed E-state index contributed by atoms with van der Waals surface area (Å²) in [4.78, 5) is 11.9. The quantitative estimate of drug-likeness (QED) is 0.558. The summed E-state index contributed by atoms with van der Waals surface area (Å²) in [6.07, 6.45) is 0.989. The van der Waals surface area contributed by atoms with Crippen molar-refractivity contribution >= 4 is 17.7 Å². The van der Waals surface area contributed by atoms with Gasteiger partial charge < -0.3 is 19.5 Å². The molecule has 0 aliphatic carbocycles. The zero-order valence-corrected chi connectivity index (χ0v) is 16.7. The Hall–Kier alpha value is -2.34. The van der Waals surface area contributed by atoms with E-state index in [-0.39, 0.29) is 5.91 Å². The van der Waals surface area contributed by atoms with Crippen LogP contribution in [0.1, 0.15) is 18.9 Å². The Morgan fingerprint density at radius 2 is 1.70 bits per heavy atom. The number of amides is 1. The molecule has 5 nitrogen and oxygen atoms in total. The number of thioether (sulfide) groups is 1. The summed E-state index contributed by atoms with van der Waals surface area (Å²) in [6.45, 7) is 3.85. The number of nitrogens with one attached hydrogen (secondary N) is 1. The molecule has 2 rings (SSSR count).